The third-order valence-electron chi connectivity index (χ3n) is 2.45. The molecule has 0 saturated carbocycles. The molecule has 0 saturated heterocycles. The first-order valence-electron chi connectivity index (χ1n) is 5.97. The first-order valence-corrected chi connectivity index (χ1v) is 9.42. The van der Waals surface area contributed by atoms with E-state index in [2.05, 4.69) is 4.98 Å². The monoisotopic (exact) mass is 329 g/mol. The highest BCUT2D eigenvalue weighted by Gasteiger charge is 2.10. The Labute approximate surface area is 127 Å². The Bertz CT molecular complexity index is 665. The molecule has 2 rings (SSSR count). The Morgan fingerprint density at radius 2 is 2.00 bits per heavy atom. The molecule has 0 aliphatic rings. The molecule has 20 heavy (non-hydrogen) atoms. The van der Waals surface area contributed by atoms with Crippen molar-refractivity contribution in [3.63, 3.8) is 0 Å². The summed E-state index contributed by atoms with van der Waals surface area (Å²) in [6.45, 7) is 2.10. The summed E-state index contributed by atoms with van der Waals surface area (Å²) in [6.07, 6.45) is 1.62. The molecule has 2 aromatic rings. The van der Waals surface area contributed by atoms with Crippen LogP contribution in [0.25, 0.3) is 0 Å². The van der Waals surface area contributed by atoms with Gasteiger partial charge in [-0.05, 0) is 19.1 Å². The molecule has 1 aromatic carbocycles. The normalized spacial score (nSPS) is 11.7. The Hall–Kier alpha value is -0.890. The van der Waals surface area contributed by atoms with Crippen molar-refractivity contribution < 1.29 is 12.6 Å². The van der Waals surface area contributed by atoms with Crippen LogP contribution in [0.3, 0.4) is 0 Å². The van der Waals surface area contributed by atoms with Crippen LogP contribution in [-0.2, 0) is 20.7 Å². The summed E-state index contributed by atoms with van der Waals surface area (Å²) in [5.41, 5.74) is 0.936. The van der Waals surface area contributed by atoms with E-state index in [1.807, 2.05) is 37.3 Å². The van der Waals surface area contributed by atoms with Crippen molar-refractivity contribution in [1.29, 1.82) is 0 Å². The largest absolute Gasteiger partial charge is 0.270 e. The van der Waals surface area contributed by atoms with Crippen LogP contribution in [0.15, 0.2) is 39.6 Å². The van der Waals surface area contributed by atoms with E-state index in [-0.39, 0.29) is 6.61 Å². The zero-order valence-electron chi connectivity index (χ0n) is 11.2. The third-order valence-corrected chi connectivity index (χ3v) is 5.33. The fraction of sp³-hybridized carbons (Fsp3) is 0.308. The highest BCUT2D eigenvalue weighted by Crippen LogP contribution is 2.32. The highest BCUT2D eigenvalue weighted by molar-refractivity contribution is 8.01. The number of aromatic nitrogens is 1. The second-order valence-corrected chi connectivity index (χ2v) is 8.23. The van der Waals surface area contributed by atoms with Crippen LogP contribution in [0.4, 0.5) is 0 Å². The lowest BCUT2D eigenvalue weighted by atomic mass is 10.3. The fourth-order valence-electron chi connectivity index (χ4n) is 1.55. The van der Waals surface area contributed by atoms with Gasteiger partial charge in [0.1, 0.15) is 0 Å². The molecule has 7 heteroatoms. The molecule has 0 radical (unpaired) electrons. The minimum absolute atomic E-state index is 0.164. The Morgan fingerprint density at radius 1 is 1.30 bits per heavy atom. The predicted molar refractivity (Wildman–Crippen MR) is 81.9 cm³/mol. The van der Waals surface area contributed by atoms with Gasteiger partial charge in [0.2, 0.25) is 0 Å². The molecule has 0 N–H and O–H groups in total. The molecule has 0 aliphatic carbocycles. The Morgan fingerprint density at radius 3 is 2.65 bits per heavy atom. The maximum absolute atomic E-state index is 10.9. The molecule has 0 bridgehead atoms. The van der Waals surface area contributed by atoms with Crippen LogP contribution in [0.2, 0.25) is 0 Å². The third kappa shape index (κ3) is 4.90. The second kappa shape index (κ2) is 6.71. The zero-order chi connectivity index (χ0) is 14.6. The van der Waals surface area contributed by atoms with E-state index in [9.17, 15) is 8.42 Å². The molecule has 0 fully saturated rings. The van der Waals surface area contributed by atoms with Crippen molar-refractivity contribution in [1.82, 2.24) is 4.98 Å². The number of aryl methyl sites for hydroxylation is 1. The van der Waals surface area contributed by atoms with Gasteiger partial charge in [-0.2, -0.15) is 8.42 Å². The average Bonchev–Trinajstić information content (AvgIpc) is 2.69. The summed E-state index contributed by atoms with van der Waals surface area (Å²) in [4.78, 5) is 6.70. The molecular weight excluding hydrogens is 314 g/mol. The van der Waals surface area contributed by atoms with Crippen molar-refractivity contribution in [3.05, 3.63) is 40.9 Å². The molecule has 0 unspecified atom stereocenters. The highest BCUT2D eigenvalue weighted by atomic mass is 32.2. The number of hydrogen-bond acceptors (Lipinski definition) is 6. The van der Waals surface area contributed by atoms with Gasteiger partial charge in [-0.3, -0.25) is 4.18 Å². The molecule has 0 atom stereocenters. The first kappa shape index (κ1) is 15.5. The average molecular weight is 329 g/mol. The first-order chi connectivity index (χ1) is 9.44. The molecule has 4 nitrogen and oxygen atoms in total. The lowest BCUT2D eigenvalue weighted by Gasteiger charge is -1.99. The standard InChI is InChI=1S/C13H15NO3S3/c1-10-12(8-9-17-20(2,15)16)19-13(14-10)18-11-6-4-3-5-7-11/h3-7H,8-9H2,1-2H3. The molecule has 108 valence electrons. The number of nitrogens with zero attached hydrogens (tertiary/aromatic N) is 1. The van der Waals surface area contributed by atoms with Gasteiger partial charge >= 0.3 is 0 Å². The SMILES string of the molecule is Cc1nc(Sc2ccccc2)sc1CCOS(C)(=O)=O. The summed E-state index contributed by atoms with van der Waals surface area (Å²) < 4.78 is 27.5. The van der Waals surface area contributed by atoms with Gasteiger partial charge in [0, 0.05) is 16.2 Å². The van der Waals surface area contributed by atoms with Crippen molar-refractivity contribution >= 4 is 33.2 Å². The number of hydrogen-bond donors (Lipinski definition) is 0. The van der Waals surface area contributed by atoms with E-state index >= 15 is 0 Å². The van der Waals surface area contributed by atoms with E-state index in [1.54, 1.807) is 23.1 Å². The van der Waals surface area contributed by atoms with Crippen LogP contribution in [0.5, 0.6) is 0 Å². The van der Waals surface area contributed by atoms with Gasteiger partial charge in [0.25, 0.3) is 10.1 Å². The summed E-state index contributed by atoms with van der Waals surface area (Å²) in [7, 11) is -3.37. The lowest BCUT2D eigenvalue weighted by Crippen LogP contribution is -2.05. The zero-order valence-corrected chi connectivity index (χ0v) is 13.6. The smallest absolute Gasteiger partial charge is 0.264 e. The van der Waals surface area contributed by atoms with Crippen molar-refractivity contribution in [3.8, 4) is 0 Å². The Kier molecular flexibility index (Phi) is 5.20. The van der Waals surface area contributed by atoms with E-state index < -0.39 is 10.1 Å². The van der Waals surface area contributed by atoms with E-state index in [0.29, 0.717) is 6.42 Å². The van der Waals surface area contributed by atoms with E-state index in [4.69, 9.17) is 4.18 Å². The van der Waals surface area contributed by atoms with Crippen LogP contribution in [0.1, 0.15) is 10.6 Å². The van der Waals surface area contributed by atoms with Crippen LogP contribution < -0.4 is 0 Å². The van der Waals surface area contributed by atoms with Crippen LogP contribution in [-0.4, -0.2) is 26.3 Å². The lowest BCUT2D eigenvalue weighted by molar-refractivity contribution is 0.326. The van der Waals surface area contributed by atoms with Crippen molar-refractivity contribution in [2.24, 2.45) is 0 Å². The van der Waals surface area contributed by atoms with Crippen molar-refractivity contribution in [2.45, 2.75) is 22.6 Å². The molecule has 0 aliphatic heterocycles. The second-order valence-electron chi connectivity index (χ2n) is 4.18. The van der Waals surface area contributed by atoms with Gasteiger partial charge in [-0.1, -0.05) is 30.0 Å². The molecule has 0 amide bonds. The summed E-state index contributed by atoms with van der Waals surface area (Å²) >= 11 is 3.19. The van der Waals surface area contributed by atoms with E-state index in [1.165, 1.54) is 0 Å². The summed E-state index contributed by atoms with van der Waals surface area (Å²) in [5, 5.41) is 0. The van der Waals surface area contributed by atoms with Gasteiger partial charge in [-0.15, -0.1) is 11.3 Å². The summed E-state index contributed by atoms with van der Waals surface area (Å²) in [6, 6.07) is 10.0. The van der Waals surface area contributed by atoms with E-state index in [0.717, 1.165) is 26.1 Å². The summed E-state index contributed by atoms with van der Waals surface area (Å²) in [5.74, 6) is 0. The maximum Gasteiger partial charge on any atom is 0.264 e. The molecule has 0 spiro atoms. The van der Waals surface area contributed by atoms with Gasteiger partial charge < -0.3 is 0 Å². The van der Waals surface area contributed by atoms with Crippen molar-refractivity contribution in [2.75, 3.05) is 12.9 Å². The number of rotatable bonds is 6. The molecular formula is C13H15NO3S3. The quantitative estimate of drug-likeness (QED) is 0.762. The van der Waals surface area contributed by atoms with Crippen LogP contribution >= 0.6 is 23.1 Å². The maximum atomic E-state index is 10.9. The van der Waals surface area contributed by atoms with Gasteiger partial charge in [0.15, 0.2) is 4.34 Å². The van der Waals surface area contributed by atoms with Crippen LogP contribution in [0, 0.1) is 6.92 Å². The minimum Gasteiger partial charge on any atom is -0.270 e. The molecule has 1 aromatic heterocycles. The van der Waals surface area contributed by atoms with Gasteiger partial charge in [0.05, 0.1) is 18.6 Å². The van der Waals surface area contributed by atoms with Gasteiger partial charge in [-0.25, -0.2) is 4.98 Å². The fourth-order valence-corrected chi connectivity index (χ4v) is 4.14. The topological polar surface area (TPSA) is 56.3 Å². The number of benzene rings is 1. The minimum atomic E-state index is -3.37. The molecule has 1 heterocycles. The predicted octanol–water partition coefficient (Wildman–Crippen LogP) is 3.12. The number of thiazole rings is 1. The Balaban J connectivity index is 1.99.